The summed E-state index contributed by atoms with van der Waals surface area (Å²) in [6.45, 7) is 5.08. The van der Waals surface area contributed by atoms with Crippen LogP contribution in [-0.4, -0.2) is 38.5 Å². The van der Waals surface area contributed by atoms with Crippen LogP contribution in [-0.2, 0) is 16.0 Å². The maximum absolute atomic E-state index is 11.5. The van der Waals surface area contributed by atoms with Gasteiger partial charge < -0.3 is 26.3 Å². The number of hydrogen-bond donors (Lipinski definition) is 3. The van der Waals surface area contributed by atoms with Crippen LogP contribution in [0.1, 0.15) is 64.4 Å². The van der Waals surface area contributed by atoms with Gasteiger partial charge in [-0.05, 0) is 24.3 Å². The van der Waals surface area contributed by atoms with Gasteiger partial charge in [-0.2, -0.15) is 4.99 Å². The van der Waals surface area contributed by atoms with E-state index >= 15 is 0 Å². The number of carbonyl (C=O) groups excluding carboxylic acids is 2. The zero-order valence-electron chi connectivity index (χ0n) is 20.0. The Morgan fingerprint density at radius 1 is 1.12 bits per heavy atom. The standard InChI is InChI=1S/C13H25NO.C11H15N3O3/c1-11(2)10-14-13(15)9-8-12-6-4-3-5-7-12;1-16-8-4-3-7(9(6-8)17-2)5-10(15)14-11(12)13/h11-12H,3-10H2,1-2H3,(H,14,15);3-4,6H,5H2,1-2H3,(H4,12,13,14,15). The molecule has 0 aliphatic heterocycles. The van der Waals surface area contributed by atoms with E-state index in [1.54, 1.807) is 25.3 Å². The Morgan fingerprint density at radius 2 is 1.81 bits per heavy atom. The predicted molar refractivity (Wildman–Crippen MR) is 128 cm³/mol. The van der Waals surface area contributed by atoms with E-state index < -0.39 is 5.91 Å². The summed E-state index contributed by atoms with van der Waals surface area (Å²) in [7, 11) is 3.07. The molecule has 0 radical (unpaired) electrons. The average molecular weight is 449 g/mol. The van der Waals surface area contributed by atoms with Gasteiger partial charge in [0.2, 0.25) is 5.91 Å². The smallest absolute Gasteiger partial charge is 0.253 e. The molecule has 1 aliphatic carbocycles. The van der Waals surface area contributed by atoms with E-state index in [0.29, 0.717) is 23.0 Å². The van der Waals surface area contributed by atoms with Crippen molar-refractivity contribution in [3.63, 3.8) is 0 Å². The Bertz CT molecular complexity index is 740. The number of nitrogens with two attached hydrogens (primary N) is 2. The van der Waals surface area contributed by atoms with Crippen molar-refractivity contribution in [2.45, 2.75) is 65.2 Å². The van der Waals surface area contributed by atoms with Gasteiger partial charge in [0.1, 0.15) is 11.5 Å². The molecular formula is C24H40N4O4. The summed E-state index contributed by atoms with van der Waals surface area (Å²) < 4.78 is 10.2. The minimum absolute atomic E-state index is 0.0745. The molecule has 8 heteroatoms. The van der Waals surface area contributed by atoms with E-state index in [0.717, 1.165) is 25.3 Å². The third kappa shape index (κ3) is 11.6. The van der Waals surface area contributed by atoms with Crippen LogP contribution in [0.2, 0.25) is 0 Å². The number of hydrogen-bond acceptors (Lipinski definition) is 4. The van der Waals surface area contributed by atoms with Crippen LogP contribution < -0.4 is 26.3 Å². The van der Waals surface area contributed by atoms with Crippen LogP contribution in [0.15, 0.2) is 23.2 Å². The van der Waals surface area contributed by atoms with Gasteiger partial charge in [0.05, 0.1) is 20.6 Å². The van der Waals surface area contributed by atoms with E-state index in [4.69, 9.17) is 20.9 Å². The highest BCUT2D eigenvalue weighted by Gasteiger charge is 2.14. The average Bonchev–Trinajstić information content (AvgIpc) is 2.77. The number of guanidine groups is 1. The van der Waals surface area contributed by atoms with Gasteiger partial charge in [0.25, 0.3) is 5.91 Å². The lowest BCUT2D eigenvalue weighted by molar-refractivity contribution is -0.121. The van der Waals surface area contributed by atoms with Crippen LogP contribution in [0.25, 0.3) is 0 Å². The molecule has 1 aromatic carbocycles. The van der Waals surface area contributed by atoms with Crippen LogP contribution in [0.5, 0.6) is 11.5 Å². The normalized spacial score (nSPS) is 13.5. The Hall–Kier alpha value is -2.77. The molecule has 180 valence electrons. The molecule has 1 fully saturated rings. The maximum atomic E-state index is 11.5. The summed E-state index contributed by atoms with van der Waals surface area (Å²) in [5, 5.41) is 2.98. The number of nitrogens with one attached hydrogen (secondary N) is 1. The summed E-state index contributed by atoms with van der Waals surface area (Å²) in [6, 6.07) is 5.16. The third-order valence-electron chi connectivity index (χ3n) is 5.30. The fourth-order valence-electron chi connectivity index (χ4n) is 3.56. The van der Waals surface area contributed by atoms with Crippen LogP contribution in [0.4, 0.5) is 0 Å². The Morgan fingerprint density at radius 3 is 2.38 bits per heavy atom. The first-order valence-electron chi connectivity index (χ1n) is 11.3. The van der Waals surface area contributed by atoms with Crippen molar-refractivity contribution in [1.29, 1.82) is 0 Å². The van der Waals surface area contributed by atoms with E-state index in [-0.39, 0.29) is 18.3 Å². The third-order valence-corrected chi connectivity index (χ3v) is 5.30. The molecule has 1 saturated carbocycles. The van der Waals surface area contributed by atoms with Crippen molar-refractivity contribution in [1.82, 2.24) is 5.32 Å². The van der Waals surface area contributed by atoms with Crippen LogP contribution >= 0.6 is 0 Å². The number of methoxy groups -OCH3 is 2. The summed E-state index contributed by atoms with van der Waals surface area (Å²) in [5.41, 5.74) is 10.9. The first-order valence-corrected chi connectivity index (χ1v) is 11.3. The molecule has 0 atom stereocenters. The van der Waals surface area contributed by atoms with Gasteiger partial charge in [-0.1, -0.05) is 52.0 Å². The quantitative estimate of drug-likeness (QED) is 0.393. The van der Waals surface area contributed by atoms with Gasteiger partial charge in [-0.25, -0.2) is 0 Å². The number of nitrogens with zero attached hydrogens (tertiary/aromatic N) is 1. The van der Waals surface area contributed by atoms with E-state index in [9.17, 15) is 9.59 Å². The highest BCUT2D eigenvalue weighted by Crippen LogP contribution is 2.27. The summed E-state index contributed by atoms with van der Waals surface area (Å²) in [6.07, 6.45) is 8.74. The molecular weight excluding hydrogens is 408 g/mol. The van der Waals surface area contributed by atoms with Crippen molar-refractivity contribution in [3.05, 3.63) is 23.8 Å². The zero-order valence-corrected chi connectivity index (χ0v) is 20.0. The fraction of sp³-hybridized carbons (Fsp3) is 0.625. The molecule has 8 nitrogen and oxygen atoms in total. The lowest BCUT2D eigenvalue weighted by Crippen LogP contribution is -2.27. The van der Waals surface area contributed by atoms with Crippen molar-refractivity contribution in [2.75, 3.05) is 20.8 Å². The van der Waals surface area contributed by atoms with Gasteiger partial charge >= 0.3 is 0 Å². The molecule has 0 bridgehead atoms. The number of amides is 2. The molecule has 0 aromatic heterocycles. The summed E-state index contributed by atoms with van der Waals surface area (Å²) in [5.74, 6) is 2.17. The lowest BCUT2D eigenvalue weighted by atomic mass is 9.86. The Balaban J connectivity index is 0.000000323. The second-order valence-electron chi connectivity index (χ2n) is 8.53. The molecule has 1 aromatic rings. The van der Waals surface area contributed by atoms with Crippen molar-refractivity contribution in [2.24, 2.45) is 28.3 Å². The predicted octanol–water partition coefficient (Wildman–Crippen LogP) is 3.17. The summed E-state index contributed by atoms with van der Waals surface area (Å²) in [4.78, 5) is 26.3. The molecule has 2 rings (SSSR count). The topological polar surface area (TPSA) is 129 Å². The van der Waals surface area contributed by atoms with E-state index in [1.165, 1.54) is 39.2 Å². The minimum Gasteiger partial charge on any atom is -0.497 e. The Labute approximate surface area is 192 Å². The second kappa shape index (κ2) is 15.1. The van der Waals surface area contributed by atoms with Crippen LogP contribution in [0, 0.1) is 11.8 Å². The summed E-state index contributed by atoms with van der Waals surface area (Å²) >= 11 is 0. The fourth-order valence-corrected chi connectivity index (χ4v) is 3.56. The van der Waals surface area contributed by atoms with Gasteiger partial charge in [-0.15, -0.1) is 0 Å². The van der Waals surface area contributed by atoms with Gasteiger partial charge in [0.15, 0.2) is 5.96 Å². The highest BCUT2D eigenvalue weighted by atomic mass is 16.5. The molecule has 0 saturated heterocycles. The highest BCUT2D eigenvalue weighted by molar-refractivity contribution is 5.92. The number of benzene rings is 1. The molecule has 2 amide bonds. The number of ether oxygens (including phenoxy) is 2. The van der Waals surface area contributed by atoms with Gasteiger partial charge in [0, 0.05) is 24.6 Å². The maximum Gasteiger partial charge on any atom is 0.253 e. The molecule has 5 N–H and O–H groups in total. The van der Waals surface area contributed by atoms with Crippen molar-refractivity contribution >= 4 is 17.8 Å². The number of rotatable bonds is 9. The molecule has 1 aliphatic rings. The minimum atomic E-state index is -0.423. The molecule has 0 spiro atoms. The monoisotopic (exact) mass is 448 g/mol. The zero-order chi connectivity index (χ0) is 23.9. The largest absolute Gasteiger partial charge is 0.497 e. The SMILES string of the molecule is CC(C)CNC(=O)CCC1CCCCC1.COc1ccc(CC(=O)N=C(N)N)c(OC)c1. The lowest BCUT2D eigenvalue weighted by Gasteiger charge is -2.21. The number of aliphatic imine (C=N–C) groups is 1. The molecule has 0 unspecified atom stereocenters. The molecule has 32 heavy (non-hydrogen) atoms. The van der Waals surface area contributed by atoms with Crippen molar-refractivity contribution in [3.8, 4) is 11.5 Å². The Kier molecular flexibility index (Phi) is 12.9. The van der Waals surface area contributed by atoms with Crippen LogP contribution in [0.3, 0.4) is 0 Å². The van der Waals surface area contributed by atoms with Gasteiger partial charge in [-0.3, -0.25) is 9.59 Å². The molecule has 0 heterocycles. The number of carbonyl (C=O) groups is 2. The first-order chi connectivity index (χ1) is 15.2. The van der Waals surface area contributed by atoms with E-state index in [2.05, 4.69) is 24.2 Å². The second-order valence-corrected chi connectivity index (χ2v) is 8.53. The van der Waals surface area contributed by atoms with Crippen molar-refractivity contribution < 1.29 is 19.1 Å². The van der Waals surface area contributed by atoms with E-state index in [1.807, 2.05) is 0 Å². The first kappa shape index (κ1) is 27.3.